The second-order valence-electron chi connectivity index (χ2n) is 2.89. The van der Waals surface area contributed by atoms with Gasteiger partial charge in [-0.3, -0.25) is 0 Å². The lowest BCUT2D eigenvalue weighted by atomic mass is 10.1. The van der Waals surface area contributed by atoms with Gasteiger partial charge in [0.1, 0.15) is 0 Å². The van der Waals surface area contributed by atoms with Crippen LogP contribution >= 0.6 is 0 Å². The molecule has 0 unspecified atom stereocenters. The molecule has 4 heteroatoms. The van der Waals surface area contributed by atoms with Gasteiger partial charge in [0.05, 0.1) is 5.56 Å². The lowest BCUT2D eigenvalue weighted by molar-refractivity contribution is 0.139. The molecule has 0 spiro atoms. The number of hydrogen-bond donors (Lipinski definition) is 0. The molecule has 0 N–H and O–H groups in total. The number of hydrogen-bond acceptors (Lipinski definition) is 2. The van der Waals surface area contributed by atoms with Crippen LogP contribution in [-0.4, -0.2) is 6.79 Å². The molecule has 2 rings (SSSR count). The Balaban J connectivity index is 0.000000531. The molecule has 0 amide bonds. The Morgan fingerprint density at radius 3 is 2.47 bits per heavy atom. The van der Waals surface area contributed by atoms with E-state index in [0.717, 1.165) is 5.56 Å². The molecule has 15 heavy (non-hydrogen) atoms. The van der Waals surface area contributed by atoms with Crippen molar-refractivity contribution in [2.45, 2.75) is 27.2 Å². The average Bonchev–Trinajstić information content (AvgIpc) is 2.67. The van der Waals surface area contributed by atoms with Crippen molar-refractivity contribution in [1.82, 2.24) is 0 Å². The van der Waals surface area contributed by atoms with E-state index in [9.17, 15) is 8.78 Å². The van der Waals surface area contributed by atoms with Crippen molar-refractivity contribution in [2.24, 2.45) is 0 Å². The lowest BCUT2D eigenvalue weighted by Crippen LogP contribution is -1.94. The Labute approximate surface area is 87.8 Å². The van der Waals surface area contributed by atoms with Gasteiger partial charge in [-0.05, 0) is 24.6 Å². The van der Waals surface area contributed by atoms with E-state index in [1.165, 1.54) is 6.07 Å². The predicted octanol–water partition coefficient (Wildman–Crippen LogP) is 3.69. The first-order chi connectivity index (χ1) is 7.18. The fraction of sp³-hybridized carbons (Fsp3) is 0.455. The molecule has 0 aliphatic carbocycles. The minimum absolute atomic E-state index is 0.0263. The standard InChI is InChI=1S/C9H8F2O2.C2H6/c1-5-2-6(9(10)11)8-7(3-5)12-4-13-8;1-2/h2-3,9H,4H2,1H3;1-2H3. The number of fused-ring (bicyclic) bond motifs is 1. The summed E-state index contributed by atoms with van der Waals surface area (Å²) in [6.45, 7) is 5.77. The molecular formula is C11H14F2O2. The second kappa shape index (κ2) is 4.96. The minimum Gasteiger partial charge on any atom is -0.454 e. The largest absolute Gasteiger partial charge is 0.454 e. The number of ether oxygens (including phenoxy) is 2. The smallest absolute Gasteiger partial charge is 0.267 e. The maximum atomic E-state index is 12.5. The van der Waals surface area contributed by atoms with E-state index in [-0.39, 0.29) is 18.1 Å². The second-order valence-corrected chi connectivity index (χ2v) is 2.89. The first kappa shape index (κ1) is 11.8. The molecule has 1 aromatic rings. The molecule has 1 heterocycles. The van der Waals surface area contributed by atoms with Gasteiger partial charge in [-0.15, -0.1) is 0 Å². The highest BCUT2D eigenvalue weighted by Gasteiger charge is 2.23. The van der Waals surface area contributed by atoms with Crippen LogP contribution in [0.5, 0.6) is 11.5 Å². The fourth-order valence-corrected chi connectivity index (χ4v) is 1.34. The average molecular weight is 216 g/mol. The molecule has 0 atom stereocenters. The van der Waals surface area contributed by atoms with Gasteiger partial charge < -0.3 is 9.47 Å². The molecule has 1 aliphatic rings. The van der Waals surface area contributed by atoms with Crippen molar-refractivity contribution in [3.05, 3.63) is 23.3 Å². The Bertz CT molecular complexity index is 338. The molecule has 0 fully saturated rings. The van der Waals surface area contributed by atoms with E-state index in [0.29, 0.717) is 5.75 Å². The zero-order chi connectivity index (χ0) is 11.4. The van der Waals surface area contributed by atoms with Crippen LogP contribution < -0.4 is 9.47 Å². The Kier molecular flexibility index (Phi) is 3.88. The quantitative estimate of drug-likeness (QED) is 0.712. The van der Waals surface area contributed by atoms with Crippen molar-refractivity contribution in [2.75, 3.05) is 6.79 Å². The topological polar surface area (TPSA) is 18.5 Å². The van der Waals surface area contributed by atoms with E-state index in [4.69, 9.17) is 9.47 Å². The summed E-state index contributed by atoms with van der Waals surface area (Å²) in [5.74, 6) is 0.593. The van der Waals surface area contributed by atoms with Crippen LogP contribution in [0, 0.1) is 6.92 Å². The van der Waals surface area contributed by atoms with Crippen molar-refractivity contribution in [1.29, 1.82) is 0 Å². The van der Waals surface area contributed by atoms with Gasteiger partial charge in [0, 0.05) is 0 Å². The molecule has 84 valence electrons. The normalized spacial score (nSPS) is 12.4. The van der Waals surface area contributed by atoms with Crippen molar-refractivity contribution in [3.8, 4) is 11.5 Å². The number of alkyl halides is 2. The number of aryl methyl sites for hydroxylation is 1. The summed E-state index contributed by atoms with van der Waals surface area (Å²) < 4.78 is 34.9. The fourth-order valence-electron chi connectivity index (χ4n) is 1.34. The van der Waals surface area contributed by atoms with Crippen LogP contribution in [0.2, 0.25) is 0 Å². The molecule has 1 aliphatic heterocycles. The van der Waals surface area contributed by atoms with E-state index < -0.39 is 6.43 Å². The van der Waals surface area contributed by atoms with Crippen LogP contribution in [0.25, 0.3) is 0 Å². The maximum absolute atomic E-state index is 12.5. The highest BCUT2D eigenvalue weighted by Crippen LogP contribution is 2.41. The predicted molar refractivity (Wildman–Crippen MR) is 53.6 cm³/mol. The Hall–Kier alpha value is -1.32. The van der Waals surface area contributed by atoms with Gasteiger partial charge in [-0.2, -0.15) is 0 Å². The van der Waals surface area contributed by atoms with Crippen LogP contribution in [0.15, 0.2) is 12.1 Å². The monoisotopic (exact) mass is 216 g/mol. The molecule has 0 aromatic heterocycles. The van der Waals surface area contributed by atoms with Gasteiger partial charge in [0.2, 0.25) is 6.79 Å². The zero-order valence-electron chi connectivity index (χ0n) is 9.01. The first-order valence-corrected chi connectivity index (χ1v) is 4.87. The molecule has 1 aromatic carbocycles. The van der Waals surface area contributed by atoms with E-state index >= 15 is 0 Å². The van der Waals surface area contributed by atoms with Crippen molar-refractivity contribution < 1.29 is 18.3 Å². The highest BCUT2D eigenvalue weighted by atomic mass is 19.3. The zero-order valence-corrected chi connectivity index (χ0v) is 9.01. The van der Waals surface area contributed by atoms with Crippen LogP contribution in [0.4, 0.5) is 8.78 Å². The first-order valence-electron chi connectivity index (χ1n) is 4.87. The highest BCUT2D eigenvalue weighted by molar-refractivity contribution is 5.51. The van der Waals surface area contributed by atoms with Crippen LogP contribution in [-0.2, 0) is 0 Å². The molecular weight excluding hydrogens is 202 g/mol. The number of benzene rings is 1. The summed E-state index contributed by atoms with van der Waals surface area (Å²) in [5, 5.41) is 0. The molecule has 0 saturated carbocycles. The van der Waals surface area contributed by atoms with Crippen LogP contribution in [0.3, 0.4) is 0 Å². The van der Waals surface area contributed by atoms with Gasteiger partial charge in [0.15, 0.2) is 11.5 Å². The SMILES string of the molecule is CC.Cc1cc2c(c(C(F)F)c1)OCO2. The Morgan fingerprint density at radius 1 is 1.20 bits per heavy atom. The summed E-state index contributed by atoms with van der Waals surface area (Å²) in [5.41, 5.74) is 0.659. The molecule has 0 radical (unpaired) electrons. The number of rotatable bonds is 1. The molecule has 0 bridgehead atoms. The number of halogens is 2. The third kappa shape index (κ3) is 2.37. The lowest BCUT2D eigenvalue weighted by Gasteiger charge is -2.05. The van der Waals surface area contributed by atoms with Gasteiger partial charge in [0.25, 0.3) is 6.43 Å². The Morgan fingerprint density at radius 2 is 1.87 bits per heavy atom. The summed E-state index contributed by atoms with van der Waals surface area (Å²) in [4.78, 5) is 0. The van der Waals surface area contributed by atoms with Gasteiger partial charge >= 0.3 is 0 Å². The van der Waals surface area contributed by atoms with Crippen molar-refractivity contribution in [3.63, 3.8) is 0 Å². The summed E-state index contributed by atoms with van der Waals surface area (Å²) in [7, 11) is 0. The van der Waals surface area contributed by atoms with Crippen molar-refractivity contribution >= 4 is 0 Å². The summed E-state index contributed by atoms with van der Waals surface area (Å²) in [6, 6.07) is 3.10. The van der Waals surface area contributed by atoms with Gasteiger partial charge in [-0.1, -0.05) is 13.8 Å². The summed E-state index contributed by atoms with van der Waals surface area (Å²) in [6.07, 6.45) is -2.52. The van der Waals surface area contributed by atoms with Gasteiger partial charge in [-0.25, -0.2) is 8.78 Å². The van der Waals surface area contributed by atoms with E-state index in [1.807, 2.05) is 13.8 Å². The maximum Gasteiger partial charge on any atom is 0.267 e. The molecule has 2 nitrogen and oxygen atoms in total. The third-order valence-corrected chi connectivity index (χ3v) is 1.88. The molecule has 0 saturated heterocycles. The van der Waals surface area contributed by atoms with Crippen LogP contribution in [0.1, 0.15) is 31.4 Å². The minimum atomic E-state index is -2.52. The van der Waals surface area contributed by atoms with E-state index in [1.54, 1.807) is 13.0 Å². The van der Waals surface area contributed by atoms with E-state index in [2.05, 4.69) is 0 Å². The summed E-state index contributed by atoms with van der Waals surface area (Å²) >= 11 is 0. The third-order valence-electron chi connectivity index (χ3n) is 1.88.